The van der Waals surface area contributed by atoms with Crippen LogP contribution in [0.2, 0.25) is 0 Å². The Balaban J connectivity index is 2.00. The van der Waals surface area contributed by atoms with Gasteiger partial charge in [-0.15, -0.1) is 0 Å². The topological polar surface area (TPSA) is 20.2 Å². The van der Waals surface area contributed by atoms with E-state index in [2.05, 4.69) is 24.3 Å². The molecule has 1 nitrogen and oxygen atoms in total. The summed E-state index contributed by atoms with van der Waals surface area (Å²) in [6.07, 6.45) is 2.44. The van der Waals surface area contributed by atoms with Gasteiger partial charge in [-0.25, -0.2) is 0 Å². The van der Waals surface area contributed by atoms with Gasteiger partial charge in [-0.2, -0.15) is 0 Å². The summed E-state index contributed by atoms with van der Waals surface area (Å²) in [5, 5.41) is 9.96. The minimum absolute atomic E-state index is 0.448. The molecule has 0 unspecified atom stereocenters. The first-order valence-corrected chi connectivity index (χ1v) is 5.73. The van der Waals surface area contributed by atoms with Crippen molar-refractivity contribution in [2.75, 3.05) is 0 Å². The Morgan fingerprint density at radius 2 is 1.62 bits per heavy atom. The number of aromatic hydroxyl groups is 1. The number of hydrogen-bond donors (Lipinski definition) is 1. The van der Waals surface area contributed by atoms with Gasteiger partial charge in [0, 0.05) is 0 Å². The van der Waals surface area contributed by atoms with Crippen LogP contribution >= 0.6 is 0 Å². The summed E-state index contributed by atoms with van der Waals surface area (Å²) in [5.41, 5.74) is 3.35. The molecule has 3 rings (SSSR count). The largest absolute Gasteiger partial charge is 0.508 e. The Hall–Kier alpha value is -1.76. The van der Waals surface area contributed by atoms with E-state index < -0.39 is 0 Å². The molecule has 0 radical (unpaired) electrons. The van der Waals surface area contributed by atoms with E-state index in [4.69, 9.17) is 0 Å². The smallest absolute Gasteiger partial charge is 0.119 e. The van der Waals surface area contributed by atoms with Crippen molar-refractivity contribution in [3.05, 3.63) is 54.1 Å². The fourth-order valence-electron chi connectivity index (χ4n) is 2.09. The van der Waals surface area contributed by atoms with Crippen molar-refractivity contribution in [1.82, 2.24) is 0 Å². The van der Waals surface area contributed by atoms with E-state index in [1.807, 2.05) is 24.3 Å². The molecule has 0 heterocycles. The van der Waals surface area contributed by atoms with Gasteiger partial charge >= 0.3 is 0 Å². The first kappa shape index (κ1) is 9.46. The van der Waals surface area contributed by atoms with Gasteiger partial charge in [0.05, 0.1) is 0 Å². The fraction of sp³-hybridized carbons (Fsp3) is 0.200. The summed E-state index contributed by atoms with van der Waals surface area (Å²) >= 11 is 0. The molecule has 2 aromatic rings. The highest BCUT2D eigenvalue weighted by Gasteiger charge is 2.26. The van der Waals surface area contributed by atoms with E-state index in [1.54, 1.807) is 0 Å². The average Bonchev–Trinajstić information content (AvgIpc) is 3.14. The third kappa shape index (κ3) is 1.69. The zero-order chi connectivity index (χ0) is 11.0. The lowest BCUT2D eigenvalue weighted by molar-refractivity contribution is 0.468. The Kier molecular flexibility index (Phi) is 2.17. The lowest BCUT2D eigenvalue weighted by Crippen LogP contribution is -1.83. The molecule has 1 N–H and O–H groups in total. The van der Waals surface area contributed by atoms with Crippen LogP contribution in [0.4, 0.5) is 0 Å². The Labute approximate surface area is 95.4 Å². The molecule has 0 aromatic heterocycles. The number of hydrogen-bond acceptors (Lipinski definition) is 1. The van der Waals surface area contributed by atoms with Crippen LogP contribution in [0.3, 0.4) is 0 Å². The molecule has 1 heteroatoms. The maximum absolute atomic E-state index is 9.96. The first-order valence-electron chi connectivity index (χ1n) is 5.73. The maximum Gasteiger partial charge on any atom is 0.119 e. The molecule has 0 aliphatic heterocycles. The van der Waals surface area contributed by atoms with Crippen molar-refractivity contribution in [3.63, 3.8) is 0 Å². The summed E-state index contributed by atoms with van der Waals surface area (Å²) in [7, 11) is 0. The number of phenolic OH excluding ortho intramolecular Hbond substituents is 1. The molecule has 0 saturated heterocycles. The number of rotatable bonds is 2. The zero-order valence-electron chi connectivity index (χ0n) is 9.06. The summed E-state index contributed by atoms with van der Waals surface area (Å²) in [6, 6.07) is 16.2. The predicted octanol–water partition coefficient (Wildman–Crippen LogP) is 3.94. The van der Waals surface area contributed by atoms with Gasteiger partial charge in [0.1, 0.15) is 5.75 Å². The van der Waals surface area contributed by atoms with Crippen LogP contribution in [0.5, 0.6) is 5.75 Å². The van der Waals surface area contributed by atoms with Crippen molar-refractivity contribution in [3.8, 4) is 16.9 Å². The van der Waals surface area contributed by atoms with Gasteiger partial charge in [0.2, 0.25) is 0 Å². The monoisotopic (exact) mass is 210 g/mol. The highest BCUT2D eigenvalue weighted by molar-refractivity contribution is 5.66. The van der Waals surface area contributed by atoms with Crippen molar-refractivity contribution in [1.29, 1.82) is 0 Å². The van der Waals surface area contributed by atoms with Crippen molar-refractivity contribution < 1.29 is 5.11 Å². The second-order valence-electron chi connectivity index (χ2n) is 4.41. The first-order chi connectivity index (χ1) is 7.84. The minimum atomic E-state index is 0.448. The van der Waals surface area contributed by atoms with E-state index in [-0.39, 0.29) is 0 Å². The van der Waals surface area contributed by atoms with Crippen LogP contribution in [0.15, 0.2) is 48.5 Å². The van der Waals surface area contributed by atoms with Gasteiger partial charge in [-0.3, -0.25) is 0 Å². The van der Waals surface area contributed by atoms with Gasteiger partial charge in [-0.1, -0.05) is 42.5 Å². The van der Waals surface area contributed by atoms with E-state index in [0.717, 1.165) is 16.7 Å². The SMILES string of the molecule is Oc1cc(-c2ccccc2)ccc1C1CC1. The summed E-state index contributed by atoms with van der Waals surface area (Å²) in [4.78, 5) is 0. The third-order valence-electron chi connectivity index (χ3n) is 3.15. The van der Waals surface area contributed by atoms with Crippen molar-refractivity contribution >= 4 is 0 Å². The van der Waals surface area contributed by atoms with Crippen LogP contribution in [-0.4, -0.2) is 5.11 Å². The van der Waals surface area contributed by atoms with Crippen molar-refractivity contribution in [2.24, 2.45) is 0 Å². The van der Waals surface area contributed by atoms with Crippen LogP contribution < -0.4 is 0 Å². The molecule has 2 aromatic carbocycles. The molecule has 1 fully saturated rings. The van der Waals surface area contributed by atoms with Crippen LogP contribution in [0, 0.1) is 0 Å². The third-order valence-corrected chi connectivity index (χ3v) is 3.15. The lowest BCUT2D eigenvalue weighted by atomic mass is 10.0. The van der Waals surface area contributed by atoms with Gasteiger partial charge in [-0.05, 0) is 41.5 Å². The quantitative estimate of drug-likeness (QED) is 0.796. The highest BCUT2D eigenvalue weighted by Crippen LogP contribution is 2.44. The van der Waals surface area contributed by atoms with Crippen LogP contribution in [0.1, 0.15) is 24.3 Å². The summed E-state index contributed by atoms with van der Waals surface area (Å²) < 4.78 is 0. The number of phenols is 1. The number of benzene rings is 2. The predicted molar refractivity (Wildman–Crippen MR) is 65.5 cm³/mol. The molecule has 80 valence electrons. The molecule has 1 aliphatic rings. The normalized spacial score (nSPS) is 15.0. The Morgan fingerprint density at radius 1 is 0.875 bits per heavy atom. The summed E-state index contributed by atoms with van der Waals surface area (Å²) in [5.74, 6) is 1.05. The molecule has 1 aliphatic carbocycles. The van der Waals surface area contributed by atoms with Crippen LogP contribution in [0.25, 0.3) is 11.1 Å². The average molecular weight is 210 g/mol. The minimum Gasteiger partial charge on any atom is -0.508 e. The summed E-state index contributed by atoms with van der Waals surface area (Å²) in [6.45, 7) is 0. The molecule has 16 heavy (non-hydrogen) atoms. The maximum atomic E-state index is 9.96. The molecule has 0 amide bonds. The molecule has 1 saturated carbocycles. The van der Waals surface area contributed by atoms with Crippen molar-refractivity contribution in [2.45, 2.75) is 18.8 Å². The van der Waals surface area contributed by atoms with Gasteiger partial charge < -0.3 is 5.11 Å². The Bertz CT molecular complexity index is 498. The standard InChI is InChI=1S/C15H14O/c16-15-10-13(11-4-2-1-3-5-11)8-9-14(15)12-6-7-12/h1-5,8-10,12,16H,6-7H2. The second kappa shape index (κ2) is 3.67. The van der Waals surface area contributed by atoms with E-state index >= 15 is 0 Å². The van der Waals surface area contributed by atoms with E-state index in [1.165, 1.54) is 12.8 Å². The van der Waals surface area contributed by atoms with E-state index in [0.29, 0.717) is 11.7 Å². The fourth-order valence-corrected chi connectivity index (χ4v) is 2.09. The molecule has 0 atom stereocenters. The van der Waals surface area contributed by atoms with Gasteiger partial charge in [0.25, 0.3) is 0 Å². The Morgan fingerprint density at radius 3 is 2.25 bits per heavy atom. The molecule has 0 spiro atoms. The zero-order valence-corrected chi connectivity index (χ0v) is 9.06. The lowest BCUT2D eigenvalue weighted by Gasteiger charge is -2.06. The van der Waals surface area contributed by atoms with E-state index in [9.17, 15) is 5.11 Å². The molecular weight excluding hydrogens is 196 g/mol. The molecular formula is C15H14O. The second-order valence-corrected chi connectivity index (χ2v) is 4.41. The molecule has 0 bridgehead atoms. The van der Waals surface area contributed by atoms with Gasteiger partial charge in [0.15, 0.2) is 0 Å². The highest BCUT2D eigenvalue weighted by atomic mass is 16.3. The van der Waals surface area contributed by atoms with Crippen LogP contribution in [-0.2, 0) is 0 Å².